The fourth-order valence-electron chi connectivity index (χ4n) is 2.30. The van der Waals surface area contributed by atoms with Gasteiger partial charge in [0.15, 0.2) is 5.96 Å². The zero-order chi connectivity index (χ0) is 15.6. The molecule has 0 amide bonds. The number of guanidine groups is 1. The first-order valence-corrected chi connectivity index (χ1v) is 8.89. The number of thiazole rings is 1. The SMILES string of the molecule is CCNC(=NCCN1CCOCC1)NCCc1csc(C)n1.I. The molecule has 0 radical (unpaired) electrons. The molecule has 1 aliphatic rings. The Morgan fingerprint density at radius 2 is 2.17 bits per heavy atom. The van der Waals surface area contributed by atoms with E-state index in [0.717, 1.165) is 75.6 Å². The van der Waals surface area contributed by atoms with Crippen LogP contribution in [0.15, 0.2) is 10.4 Å². The quantitative estimate of drug-likeness (QED) is 0.372. The van der Waals surface area contributed by atoms with Gasteiger partial charge in [-0.15, -0.1) is 35.3 Å². The number of rotatable bonds is 7. The van der Waals surface area contributed by atoms with Gasteiger partial charge in [-0.2, -0.15) is 0 Å². The molecular weight excluding hydrogens is 425 g/mol. The Kier molecular flexibility index (Phi) is 10.7. The van der Waals surface area contributed by atoms with Crippen molar-refractivity contribution < 1.29 is 4.74 Å². The molecule has 132 valence electrons. The van der Waals surface area contributed by atoms with Crippen LogP contribution in [-0.2, 0) is 11.2 Å². The average molecular weight is 453 g/mol. The van der Waals surface area contributed by atoms with Gasteiger partial charge in [-0.3, -0.25) is 9.89 Å². The third kappa shape index (κ3) is 8.27. The van der Waals surface area contributed by atoms with Crippen molar-refractivity contribution in [3.63, 3.8) is 0 Å². The summed E-state index contributed by atoms with van der Waals surface area (Å²) in [6.07, 6.45) is 0.929. The lowest BCUT2D eigenvalue weighted by molar-refractivity contribution is 0.0394. The fraction of sp³-hybridized carbons (Fsp3) is 0.733. The number of aromatic nitrogens is 1. The van der Waals surface area contributed by atoms with E-state index in [2.05, 4.69) is 37.8 Å². The second-order valence-electron chi connectivity index (χ2n) is 5.25. The van der Waals surface area contributed by atoms with Crippen LogP contribution in [0.1, 0.15) is 17.6 Å². The summed E-state index contributed by atoms with van der Waals surface area (Å²) in [4.78, 5) is 11.5. The van der Waals surface area contributed by atoms with E-state index < -0.39 is 0 Å². The molecule has 0 saturated carbocycles. The maximum absolute atomic E-state index is 5.36. The van der Waals surface area contributed by atoms with Crippen LogP contribution < -0.4 is 10.6 Å². The van der Waals surface area contributed by atoms with E-state index >= 15 is 0 Å². The van der Waals surface area contributed by atoms with Gasteiger partial charge >= 0.3 is 0 Å². The van der Waals surface area contributed by atoms with Gasteiger partial charge in [-0.25, -0.2) is 4.98 Å². The van der Waals surface area contributed by atoms with Gasteiger partial charge in [0.05, 0.1) is 30.5 Å². The van der Waals surface area contributed by atoms with Crippen molar-refractivity contribution in [3.05, 3.63) is 16.1 Å². The molecule has 6 nitrogen and oxygen atoms in total. The smallest absolute Gasteiger partial charge is 0.191 e. The third-order valence-electron chi connectivity index (χ3n) is 3.47. The van der Waals surface area contributed by atoms with Crippen molar-refractivity contribution in [2.75, 3.05) is 52.5 Å². The molecule has 0 bridgehead atoms. The molecule has 0 aliphatic carbocycles. The Morgan fingerprint density at radius 3 is 2.83 bits per heavy atom. The highest BCUT2D eigenvalue weighted by molar-refractivity contribution is 14.0. The second-order valence-corrected chi connectivity index (χ2v) is 6.31. The minimum atomic E-state index is 0. The molecule has 2 heterocycles. The highest BCUT2D eigenvalue weighted by Crippen LogP contribution is 2.07. The van der Waals surface area contributed by atoms with Gasteiger partial charge < -0.3 is 15.4 Å². The number of aryl methyl sites for hydroxylation is 1. The normalized spacial score (nSPS) is 16.0. The summed E-state index contributed by atoms with van der Waals surface area (Å²) in [7, 11) is 0. The molecule has 2 N–H and O–H groups in total. The van der Waals surface area contributed by atoms with Gasteiger partial charge in [0, 0.05) is 44.5 Å². The average Bonchev–Trinajstić information content (AvgIpc) is 2.94. The first-order chi connectivity index (χ1) is 10.8. The molecule has 8 heteroatoms. The molecule has 0 aromatic carbocycles. The number of aliphatic imine (C=N–C) groups is 1. The maximum Gasteiger partial charge on any atom is 0.191 e. The Hall–Kier alpha value is -0.450. The maximum atomic E-state index is 5.36. The van der Waals surface area contributed by atoms with Crippen LogP contribution in [0.25, 0.3) is 0 Å². The van der Waals surface area contributed by atoms with Crippen LogP contribution in [0.5, 0.6) is 0 Å². The minimum Gasteiger partial charge on any atom is -0.379 e. The molecule has 2 rings (SSSR count). The van der Waals surface area contributed by atoms with Crippen LogP contribution >= 0.6 is 35.3 Å². The molecule has 1 aromatic rings. The Bertz CT molecular complexity index is 462. The predicted octanol–water partition coefficient (Wildman–Crippen LogP) is 1.50. The zero-order valence-corrected chi connectivity index (χ0v) is 17.2. The van der Waals surface area contributed by atoms with Crippen molar-refractivity contribution in [3.8, 4) is 0 Å². The minimum absolute atomic E-state index is 0. The van der Waals surface area contributed by atoms with Crippen LogP contribution in [0, 0.1) is 6.92 Å². The highest BCUT2D eigenvalue weighted by Gasteiger charge is 2.09. The van der Waals surface area contributed by atoms with Gasteiger partial charge in [0.1, 0.15) is 0 Å². The fourth-order valence-corrected chi connectivity index (χ4v) is 2.95. The zero-order valence-electron chi connectivity index (χ0n) is 14.0. The monoisotopic (exact) mass is 453 g/mol. The van der Waals surface area contributed by atoms with Crippen LogP contribution in [0.2, 0.25) is 0 Å². The largest absolute Gasteiger partial charge is 0.379 e. The molecule has 23 heavy (non-hydrogen) atoms. The van der Waals surface area contributed by atoms with Gasteiger partial charge in [0.25, 0.3) is 0 Å². The van der Waals surface area contributed by atoms with E-state index in [1.165, 1.54) is 0 Å². The Labute approximate surface area is 160 Å². The topological polar surface area (TPSA) is 61.8 Å². The van der Waals surface area contributed by atoms with E-state index in [4.69, 9.17) is 4.74 Å². The molecule has 0 spiro atoms. The Balaban J connectivity index is 0.00000264. The number of hydrogen-bond acceptors (Lipinski definition) is 5. The molecule has 1 saturated heterocycles. The number of nitrogens with zero attached hydrogens (tertiary/aromatic N) is 3. The standard InChI is InChI=1S/C15H27N5OS.HI/c1-3-16-15(17-5-4-14-12-22-13(2)19-14)18-6-7-20-8-10-21-11-9-20;/h12H,3-11H2,1-2H3,(H2,16,17,18);1H. The van der Waals surface area contributed by atoms with Crippen molar-refractivity contribution >= 4 is 41.3 Å². The number of nitrogens with one attached hydrogen (secondary N) is 2. The summed E-state index contributed by atoms with van der Waals surface area (Å²) in [6.45, 7) is 11.4. The molecular formula is C15H28IN5OS. The number of ether oxygens (including phenoxy) is 1. The van der Waals surface area contributed by atoms with E-state index in [1.807, 2.05) is 6.92 Å². The van der Waals surface area contributed by atoms with Gasteiger partial charge in [-0.1, -0.05) is 0 Å². The summed E-state index contributed by atoms with van der Waals surface area (Å²) in [5.41, 5.74) is 1.15. The first-order valence-electron chi connectivity index (χ1n) is 8.01. The van der Waals surface area contributed by atoms with Crippen molar-refractivity contribution in [1.82, 2.24) is 20.5 Å². The van der Waals surface area contributed by atoms with Gasteiger partial charge in [0.2, 0.25) is 0 Å². The van der Waals surface area contributed by atoms with Crippen molar-refractivity contribution in [2.24, 2.45) is 4.99 Å². The molecule has 1 aliphatic heterocycles. The first kappa shape index (κ1) is 20.6. The van der Waals surface area contributed by atoms with Crippen LogP contribution in [0.3, 0.4) is 0 Å². The lowest BCUT2D eigenvalue weighted by atomic mass is 10.3. The number of morpholine rings is 1. The summed E-state index contributed by atoms with van der Waals surface area (Å²) >= 11 is 1.70. The van der Waals surface area contributed by atoms with Crippen molar-refractivity contribution in [2.45, 2.75) is 20.3 Å². The third-order valence-corrected chi connectivity index (χ3v) is 4.30. The highest BCUT2D eigenvalue weighted by atomic mass is 127. The van der Waals surface area contributed by atoms with Crippen LogP contribution in [-0.4, -0.2) is 68.3 Å². The molecule has 0 atom stereocenters. The summed E-state index contributed by atoms with van der Waals surface area (Å²) in [6, 6.07) is 0. The lowest BCUT2D eigenvalue weighted by Crippen LogP contribution is -2.40. The van der Waals surface area contributed by atoms with Gasteiger partial charge in [-0.05, 0) is 13.8 Å². The van der Waals surface area contributed by atoms with Crippen molar-refractivity contribution in [1.29, 1.82) is 0 Å². The van der Waals surface area contributed by atoms with E-state index in [9.17, 15) is 0 Å². The Morgan fingerprint density at radius 1 is 1.39 bits per heavy atom. The summed E-state index contributed by atoms with van der Waals surface area (Å²) in [5, 5.41) is 9.92. The lowest BCUT2D eigenvalue weighted by Gasteiger charge is -2.25. The van der Waals surface area contributed by atoms with E-state index in [1.54, 1.807) is 11.3 Å². The number of hydrogen-bond donors (Lipinski definition) is 2. The predicted molar refractivity (Wildman–Crippen MR) is 107 cm³/mol. The summed E-state index contributed by atoms with van der Waals surface area (Å²) < 4.78 is 5.36. The number of halogens is 1. The van der Waals surface area contributed by atoms with E-state index in [-0.39, 0.29) is 24.0 Å². The molecule has 1 aromatic heterocycles. The van der Waals surface area contributed by atoms with E-state index in [0.29, 0.717) is 0 Å². The van der Waals surface area contributed by atoms with Crippen LogP contribution in [0.4, 0.5) is 0 Å². The summed E-state index contributed by atoms with van der Waals surface area (Å²) in [5.74, 6) is 0.891. The molecule has 1 fully saturated rings. The molecule has 0 unspecified atom stereocenters. The second kappa shape index (κ2) is 12.0.